The van der Waals surface area contributed by atoms with Crippen LogP contribution >= 0.6 is 0 Å². The van der Waals surface area contributed by atoms with Gasteiger partial charge in [-0.15, -0.1) is 0 Å². The smallest absolute Gasteiger partial charge is 0.220 e. The van der Waals surface area contributed by atoms with E-state index < -0.39 is 124 Å². The third-order valence-electron chi connectivity index (χ3n) is 15.6. The fraction of sp³-hybridized carbons (Fsp3) is 0.948. The summed E-state index contributed by atoms with van der Waals surface area (Å²) in [6.45, 7) is 1.67. The zero-order valence-electron chi connectivity index (χ0n) is 47.2. The summed E-state index contributed by atoms with van der Waals surface area (Å²) in [4.78, 5) is 13.2. The van der Waals surface area contributed by atoms with Crippen molar-refractivity contribution in [3.63, 3.8) is 0 Å². The monoisotopic (exact) mass is 1110 g/mol. The highest BCUT2D eigenvalue weighted by molar-refractivity contribution is 5.76. The average Bonchev–Trinajstić information content (AvgIpc) is 3.43. The predicted octanol–water partition coefficient (Wildman–Crippen LogP) is 5.38. The van der Waals surface area contributed by atoms with Gasteiger partial charge in [-0.25, -0.2) is 0 Å². The van der Waals surface area contributed by atoms with Crippen molar-refractivity contribution in [2.75, 3.05) is 26.4 Å². The minimum absolute atomic E-state index is 0.245. The van der Waals surface area contributed by atoms with Crippen molar-refractivity contribution in [1.29, 1.82) is 0 Å². The van der Waals surface area contributed by atoms with Gasteiger partial charge < -0.3 is 89.9 Å². The second kappa shape index (κ2) is 42.4. The van der Waals surface area contributed by atoms with Crippen molar-refractivity contribution in [1.82, 2.24) is 5.32 Å². The standard InChI is InChI=1S/C58H109NO18/c1-3-5-7-9-11-12-13-14-15-16-17-18-19-20-21-22-23-24-25-26-27-28-30-31-33-35-42(63)41(59-46(64)36-34-32-29-10-8-6-4-2)40-72-56-52(70)49(67)54(44(38-61)74-56)77-58-53(71)50(68)55(45(39-62)75-58)76-57-51(69)48(66)47(65)43(37-60)73-57/h33,35,41-45,47-58,60-63,65-71H,3-32,34,36-40H2,1-2H3,(H,59,64)/b35-33+. The van der Waals surface area contributed by atoms with Crippen LogP contribution in [0.15, 0.2) is 12.2 Å². The van der Waals surface area contributed by atoms with Crippen LogP contribution in [-0.4, -0.2) is 193 Å². The number of amides is 1. The summed E-state index contributed by atoms with van der Waals surface area (Å²) in [6, 6.07) is -0.965. The number of aliphatic hydroxyl groups is 11. The summed E-state index contributed by atoms with van der Waals surface area (Å²) in [5, 5.41) is 120. The van der Waals surface area contributed by atoms with Crippen molar-refractivity contribution < 1.29 is 89.4 Å². The lowest BCUT2D eigenvalue weighted by Gasteiger charge is -2.48. The number of rotatable bonds is 45. The molecule has 0 aromatic carbocycles. The van der Waals surface area contributed by atoms with E-state index in [9.17, 15) is 61.0 Å². The fourth-order valence-electron chi connectivity index (χ4n) is 10.5. The van der Waals surface area contributed by atoms with Crippen molar-refractivity contribution in [3.8, 4) is 0 Å². The van der Waals surface area contributed by atoms with Crippen LogP contribution in [0, 0.1) is 0 Å². The summed E-state index contributed by atoms with van der Waals surface area (Å²) in [7, 11) is 0. The SMILES string of the molecule is CCCCCCCCCCCCCCCCCCCCCCCCC/C=C/C(O)C(COC1OC(CO)C(OC2OC(CO)C(OC3OC(CO)C(O)C(O)C3O)C(O)C2O)C(O)C1O)NC(=O)CCCCCCCCC. The minimum Gasteiger partial charge on any atom is -0.394 e. The van der Waals surface area contributed by atoms with Gasteiger partial charge in [0.05, 0.1) is 38.6 Å². The number of aliphatic hydroxyl groups excluding tert-OH is 11. The number of hydrogen-bond donors (Lipinski definition) is 12. The Morgan fingerprint density at radius 2 is 0.805 bits per heavy atom. The first kappa shape index (κ1) is 69.8. The molecule has 3 heterocycles. The summed E-state index contributed by atoms with van der Waals surface area (Å²) in [5.74, 6) is -0.281. The van der Waals surface area contributed by atoms with Crippen LogP contribution in [0.1, 0.15) is 219 Å². The van der Waals surface area contributed by atoms with Crippen LogP contribution in [0.5, 0.6) is 0 Å². The topological polar surface area (TPSA) is 307 Å². The molecule has 17 atom stereocenters. The molecule has 17 unspecified atom stereocenters. The largest absolute Gasteiger partial charge is 0.394 e. The lowest BCUT2D eigenvalue weighted by Crippen LogP contribution is -2.66. The van der Waals surface area contributed by atoms with Gasteiger partial charge in [0.15, 0.2) is 18.9 Å². The molecular formula is C58H109NO18. The van der Waals surface area contributed by atoms with Gasteiger partial charge in [-0.2, -0.15) is 0 Å². The fourth-order valence-corrected chi connectivity index (χ4v) is 10.5. The maximum atomic E-state index is 13.2. The van der Waals surface area contributed by atoms with Gasteiger partial charge in [0, 0.05) is 6.42 Å². The first-order valence-electron chi connectivity index (χ1n) is 30.4. The van der Waals surface area contributed by atoms with Crippen LogP contribution in [0.3, 0.4) is 0 Å². The first-order chi connectivity index (χ1) is 37.3. The molecule has 0 bridgehead atoms. The Kier molecular flexibility index (Phi) is 38.4. The van der Waals surface area contributed by atoms with Crippen molar-refractivity contribution in [2.45, 2.75) is 324 Å². The third kappa shape index (κ3) is 26.5. The normalized spacial score (nSPS) is 30.7. The molecule has 0 aromatic heterocycles. The van der Waals surface area contributed by atoms with E-state index in [-0.39, 0.29) is 18.9 Å². The Morgan fingerprint density at radius 3 is 1.22 bits per heavy atom. The lowest BCUT2D eigenvalue weighted by atomic mass is 9.96. The van der Waals surface area contributed by atoms with Gasteiger partial charge in [0.1, 0.15) is 73.2 Å². The Morgan fingerprint density at radius 1 is 0.455 bits per heavy atom. The summed E-state index contributed by atoms with van der Waals surface area (Å²) in [6.07, 6.45) is 15.3. The van der Waals surface area contributed by atoms with Crippen LogP contribution < -0.4 is 5.32 Å². The molecule has 12 N–H and O–H groups in total. The molecule has 1 amide bonds. The molecule has 3 aliphatic rings. The Bertz CT molecular complexity index is 1460. The van der Waals surface area contributed by atoms with E-state index >= 15 is 0 Å². The van der Waals surface area contributed by atoms with E-state index in [1.165, 1.54) is 135 Å². The van der Waals surface area contributed by atoms with E-state index in [2.05, 4.69) is 19.2 Å². The third-order valence-corrected chi connectivity index (χ3v) is 15.6. The maximum Gasteiger partial charge on any atom is 0.220 e. The van der Waals surface area contributed by atoms with Gasteiger partial charge in [-0.3, -0.25) is 4.79 Å². The Balaban J connectivity index is 1.42. The number of ether oxygens (including phenoxy) is 6. The van der Waals surface area contributed by atoms with E-state index in [1.807, 2.05) is 6.08 Å². The second-order valence-corrected chi connectivity index (χ2v) is 22.2. The van der Waals surface area contributed by atoms with Crippen LogP contribution in [0.2, 0.25) is 0 Å². The van der Waals surface area contributed by atoms with E-state index in [4.69, 9.17) is 28.4 Å². The molecule has 0 aliphatic carbocycles. The van der Waals surface area contributed by atoms with Crippen LogP contribution in [0.4, 0.5) is 0 Å². The maximum absolute atomic E-state index is 13.2. The zero-order chi connectivity index (χ0) is 56.2. The molecule has 0 radical (unpaired) electrons. The predicted molar refractivity (Wildman–Crippen MR) is 291 cm³/mol. The van der Waals surface area contributed by atoms with Crippen molar-refractivity contribution >= 4 is 5.91 Å². The molecule has 19 nitrogen and oxygen atoms in total. The van der Waals surface area contributed by atoms with Crippen molar-refractivity contribution in [3.05, 3.63) is 12.2 Å². The van der Waals surface area contributed by atoms with Gasteiger partial charge >= 0.3 is 0 Å². The van der Waals surface area contributed by atoms with Crippen molar-refractivity contribution in [2.24, 2.45) is 0 Å². The second-order valence-electron chi connectivity index (χ2n) is 22.2. The van der Waals surface area contributed by atoms with Gasteiger partial charge in [-0.1, -0.05) is 206 Å². The summed E-state index contributed by atoms with van der Waals surface area (Å²) >= 11 is 0. The molecule has 3 rings (SSSR count). The molecule has 3 saturated heterocycles. The average molecular weight is 1110 g/mol. The number of unbranched alkanes of at least 4 members (excludes halogenated alkanes) is 29. The van der Waals surface area contributed by atoms with Gasteiger partial charge in [0.2, 0.25) is 5.91 Å². The lowest BCUT2D eigenvalue weighted by molar-refractivity contribution is -0.379. The van der Waals surface area contributed by atoms with E-state index in [0.717, 1.165) is 57.8 Å². The molecule has 454 valence electrons. The molecule has 0 spiro atoms. The van der Waals surface area contributed by atoms with Gasteiger partial charge in [-0.05, 0) is 19.3 Å². The quantitative estimate of drug-likeness (QED) is 0.0269. The van der Waals surface area contributed by atoms with E-state index in [1.54, 1.807) is 6.08 Å². The zero-order valence-corrected chi connectivity index (χ0v) is 47.2. The summed E-state index contributed by atoms with van der Waals surface area (Å²) < 4.78 is 34.2. The first-order valence-corrected chi connectivity index (χ1v) is 30.4. The van der Waals surface area contributed by atoms with E-state index in [0.29, 0.717) is 6.42 Å². The molecule has 3 fully saturated rings. The molecule has 0 aromatic rings. The Labute approximate surface area is 461 Å². The highest BCUT2D eigenvalue weighted by Crippen LogP contribution is 2.33. The summed E-state index contributed by atoms with van der Waals surface area (Å²) in [5.41, 5.74) is 0. The number of nitrogens with one attached hydrogen (secondary N) is 1. The van der Waals surface area contributed by atoms with Gasteiger partial charge in [0.25, 0.3) is 0 Å². The highest BCUT2D eigenvalue weighted by atomic mass is 16.8. The number of allylic oxidation sites excluding steroid dienone is 1. The molecule has 3 aliphatic heterocycles. The minimum atomic E-state index is -1.97. The number of carbonyl (C=O) groups is 1. The molecule has 77 heavy (non-hydrogen) atoms. The van der Waals surface area contributed by atoms with Crippen LogP contribution in [0.25, 0.3) is 0 Å². The highest BCUT2D eigenvalue weighted by Gasteiger charge is 2.53. The molecule has 0 saturated carbocycles. The molecule has 19 heteroatoms. The van der Waals surface area contributed by atoms with Crippen LogP contribution in [-0.2, 0) is 33.2 Å². The number of hydrogen-bond acceptors (Lipinski definition) is 18. The molecular weight excluding hydrogens is 999 g/mol. The Hall–Kier alpha value is -1.47. The number of carbonyl (C=O) groups excluding carboxylic acids is 1.